The highest BCUT2D eigenvalue weighted by molar-refractivity contribution is 7.80. The van der Waals surface area contributed by atoms with Gasteiger partial charge in [0.2, 0.25) is 5.91 Å². The number of halogens is 2. The molecular formula is C12H16F2N4OS. The van der Waals surface area contributed by atoms with E-state index in [2.05, 4.69) is 5.32 Å². The lowest BCUT2D eigenvalue weighted by Gasteiger charge is -2.21. The van der Waals surface area contributed by atoms with Crippen LogP contribution >= 0.6 is 12.2 Å². The molecule has 0 radical (unpaired) electrons. The molecule has 1 aromatic rings. The molecule has 0 spiro atoms. The van der Waals surface area contributed by atoms with Gasteiger partial charge in [-0.05, 0) is 19.1 Å². The summed E-state index contributed by atoms with van der Waals surface area (Å²) in [4.78, 5) is 12.5. The molecule has 0 unspecified atom stereocenters. The Labute approximate surface area is 121 Å². The summed E-state index contributed by atoms with van der Waals surface area (Å²) >= 11 is 4.85. The van der Waals surface area contributed by atoms with Crippen LogP contribution in [0.2, 0.25) is 0 Å². The van der Waals surface area contributed by atoms with Crippen molar-refractivity contribution < 1.29 is 13.6 Å². The van der Waals surface area contributed by atoms with E-state index in [-0.39, 0.29) is 28.9 Å². The van der Waals surface area contributed by atoms with Crippen LogP contribution in [-0.2, 0) is 4.79 Å². The fraction of sp³-hybridized carbons (Fsp3) is 0.333. The lowest BCUT2D eigenvalue weighted by atomic mass is 10.2. The molecule has 5 nitrogen and oxygen atoms in total. The zero-order valence-electron chi connectivity index (χ0n) is 11.4. The number of carbonyl (C=O) groups excluding carboxylic acids is 1. The Kier molecular flexibility index (Phi) is 5.34. The summed E-state index contributed by atoms with van der Waals surface area (Å²) in [5.41, 5.74) is -0.261. The minimum Gasteiger partial charge on any atom is -0.329 e. The van der Waals surface area contributed by atoms with Crippen LogP contribution in [0.5, 0.6) is 0 Å². The van der Waals surface area contributed by atoms with Gasteiger partial charge in [0.1, 0.15) is 11.6 Å². The molecule has 0 bridgehead atoms. The third kappa shape index (κ3) is 3.61. The smallest absolute Gasteiger partial charge is 0.223 e. The first kappa shape index (κ1) is 16.3. The molecule has 8 heteroatoms. The normalized spacial score (nSPS) is 10.1. The second kappa shape index (κ2) is 6.58. The van der Waals surface area contributed by atoms with E-state index in [0.29, 0.717) is 0 Å². The lowest BCUT2D eigenvalue weighted by molar-refractivity contribution is -0.116. The number of nitrogens with two attached hydrogens (primary N) is 1. The van der Waals surface area contributed by atoms with Gasteiger partial charge in [0, 0.05) is 32.6 Å². The van der Waals surface area contributed by atoms with Gasteiger partial charge in [-0.1, -0.05) is 0 Å². The summed E-state index contributed by atoms with van der Waals surface area (Å²) in [6.45, 7) is 3.19. The van der Waals surface area contributed by atoms with E-state index in [1.165, 1.54) is 14.0 Å². The molecule has 3 N–H and O–H groups in total. The van der Waals surface area contributed by atoms with Gasteiger partial charge in [0.25, 0.3) is 0 Å². The van der Waals surface area contributed by atoms with Gasteiger partial charge in [0.15, 0.2) is 5.11 Å². The van der Waals surface area contributed by atoms with Crippen molar-refractivity contribution in [1.29, 1.82) is 0 Å². The number of anilines is 2. The topological polar surface area (TPSA) is 61.6 Å². The molecule has 0 fully saturated rings. The summed E-state index contributed by atoms with van der Waals surface area (Å²) in [6, 6.07) is 1.88. The van der Waals surface area contributed by atoms with Crippen LogP contribution in [0, 0.1) is 11.6 Å². The van der Waals surface area contributed by atoms with Gasteiger partial charge < -0.3 is 10.2 Å². The number of nitrogens with one attached hydrogen (secondary N) is 1. The van der Waals surface area contributed by atoms with Gasteiger partial charge in [0.05, 0.1) is 11.4 Å². The number of amides is 1. The van der Waals surface area contributed by atoms with Gasteiger partial charge in [-0.3, -0.25) is 9.80 Å². The molecule has 0 atom stereocenters. The highest BCUT2D eigenvalue weighted by Crippen LogP contribution is 2.26. The predicted octanol–water partition coefficient (Wildman–Crippen LogP) is 1.84. The molecule has 0 aliphatic rings. The molecule has 1 amide bonds. The van der Waals surface area contributed by atoms with E-state index in [4.69, 9.17) is 18.1 Å². The molecule has 1 rings (SSSR count). The van der Waals surface area contributed by atoms with E-state index in [9.17, 15) is 13.6 Å². The Morgan fingerprint density at radius 3 is 2.45 bits per heavy atom. The zero-order valence-corrected chi connectivity index (χ0v) is 12.2. The number of thiocarbonyl (C=S) groups is 1. The van der Waals surface area contributed by atoms with E-state index >= 15 is 0 Å². The quantitative estimate of drug-likeness (QED) is 0.507. The highest BCUT2D eigenvalue weighted by atomic mass is 32.1. The van der Waals surface area contributed by atoms with E-state index < -0.39 is 11.6 Å². The fourth-order valence-corrected chi connectivity index (χ4v) is 1.71. The second-order valence-electron chi connectivity index (χ2n) is 4.09. The van der Waals surface area contributed by atoms with Crippen molar-refractivity contribution in [2.45, 2.75) is 13.8 Å². The van der Waals surface area contributed by atoms with Crippen molar-refractivity contribution in [3.8, 4) is 0 Å². The number of hydrogen-bond acceptors (Lipinski definition) is 3. The standard InChI is InChI=1S/C12H16F2N4OS/c1-4-18(7(2)19)11-6-8(13)10(5-9(11)14)16-12(20)17(3)15/h5-6H,4,15H2,1-3H3,(H,16,20). The molecule has 1 aromatic carbocycles. The number of carbonyl (C=O) groups is 1. The monoisotopic (exact) mass is 302 g/mol. The summed E-state index contributed by atoms with van der Waals surface area (Å²) in [5, 5.41) is 3.58. The molecular weight excluding hydrogens is 286 g/mol. The Balaban J connectivity index is 3.14. The highest BCUT2D eigenvalue weighted by Gasteiger charge is 2.18. The maximum atomic E-state index is 14.0. The largest absolute Gasteiger partial charge is 0.329 e. The number of nitrogens with zero attached hydrogens (tertiary/aromatic N) is 2. The number of hydrogen-bond donors (Lipinski definition) is 2. The van der Waals surface area contributed by atoms with Crippen molar-refractivity contribution in [1.82, 2.24) is 5.01 Å². The average Bonchev–Trinajstić information content (AvgIpc) is 2.35. The number of benzene rings is 1. The molecule has 0 aliphatic carbocycles. The van der Waals surface area contributed by atoms with Crippen molar-refractivity contribution >= 4 is 34.6 Å². The maximum Gasteiger partial charge on any atom is 0.223 e. The van der Waals surface area contributed by atoms with E-state index in [1.807, 2.05) is 0 Å². The van der Waals surface area contributed by atoms with Gasteiger partial charge in [-0.15, -0.1) is 0 Å². The molecule has 0 aromatic heterocycles. The maximum absolute atomic E-state index is 14.0. The summed E-state index contributed by atoms with van der Waals surface area (Å²) in [6.07, 6.45) is 0. The van der Waals surface area contributed by atoms with Crippen LogP contribution < -0.4 is 16.1 Å². The van der Waals surface area contributed by atoms with Crippen LogP contribution in [0.4, 0.5) is 20.2 Å². The minimum atomic E-state index is -0.731. The first-order chi connectivity index (χ1) is 9.27. The Morgan fingerprint density at radius 1 is 1.40 bits per heavy atom. The average molecular weight is 302 g/mol. The molecule has 0 saturated carbocycles. The summed E-state index contributed by atoms with van der Waals surface area (Å²) in [5.74, 6) is 3.54. The molecule has 0 heterocycles. The van der Waals surface area contributed by atoms with Gasteiger partial charge >= 0.3 is 0 Å². The third-order valence-electron chi connectivity index (χ3n) is 2.59. The third-order valence-corrected chi connectivity index (χ3v) is 2.98. The van der Waals surface area contributed by atoms with Crippen molar-refractivity contribution in [3.05, 3.63) is 23.8 Å². The zero-order chi connectivity index (χ0) is 15.4. The number of rotatable bonds is 3. The van der Waals surface area contributed by atoms with Crippen molar-refractivity contribution in [3.63, 3.8) is 0 Å². The van der Waals surface area contributed by atoms with Gasteiger partial charge in [-0.2, -0.15) is 0 Å². The van der Waals surface area contributed by atoms with Crippen LogP contribution in [0.3, 0.4) is 0 Å². The molecule has 20 heavy (non-hydrogen) atoms. The molecule has 0 saturated heterocycles. The lowest BCUT2D eigenvalue weighted by Crippen LogP contribution is -2.37. The van der Waals surface area contributed by atoms with Crippen LogP contribution in [0.1, 0.15) is 13.8 Å². The van der Waals surface area contributed by atoms with Crippen LogP contribution in [0.15, 0.2) is 12.1 Å². The van der Waals surface area contributed by atoms with E-state index in [1.54, 1.807) is 6.92 Å². The summed E-state index contributed by atoms with van der Waals surface area (Å²) < 4.78 is 27.9. The van der Waals surface area contributed by atoms with E-state index in [0.717, 1.165) is 22.0 Å². The van der Waals surface area contributed by atoms with Crippen LogP contribution in [-0.4, -0.2) is 29.6 Å². The Morgan fingerprint density at radius 2 is 2.00 bits per heavy atom. The predicted molar refractivity (Wildman–Crippen MR) is 78.2 cm³/mol. The van der Waals surface area contributed by atoms with Gasteiger partial charge in [-0.25, -0.2) is 14.6 Å². The second-order valence-corrected chi connectivity index (χ2v) is 4.47. The minimum absolute atomic E-state index is 0.0370. The van der Waals surface area contributed by atoms with Crippen LogP contribution in [0.25, 0.3) is 0 Å². The molecule has 0 aliphatic heterocycles. The molecule has 110 valence electrons. The first-order valence-corrected chi connectivity index (χ1v) is 6.25. The Bertz CT molecular complexity index is 536. The SMILES string of the molecule is CCN(C(C)=O)c1cc(F)c(NC(=S)N(C)N)cc1F. The van der Waals surface area contributed by atoms with Crippen molar-refractivity contribution in [2.75, 3.05) is 23.8 Å². The first-order valence-electron chi connectivity index (χ1n) is 5.84. The summed E-state index contributed by atoms with van der Waals surface area (Å²) in [7, 11) is 1.46. The number of hydrazine groups is 1. The Hall–Kier alpha value is -1.80. The fourth-order valence-electron chi connectivity index (χ4n) is 1.60. The van der Waals surface area contributed by atoms with Crippen molar-refractivity contribution in [2.24, 2.45) is 5.84 Å².